The number of carbonyl (C=O) groups is 2. The van der Waals surface area contributed by atoms with E-state index in [0.717, 1.165) is 17.5 Å². The predicted octanol–water partition coefficient (Wildman–Crippen LogP) is 1.14. The molecule has 4 N–H and O–H groups in total. The third-order valence-electron chi connectivity index (χ3n) is 5.74. The number of morpholine rings is 1. The van der Waals surface area contributed by atoms with Gasteiger partial charge in [0.15, 0.2) is 11.6 Å². The predicted molar refractivity (Wildman–Crippen MR) is 122 cm³/mol. The molecule has 3 heterocycles. The fourth-order valence-electron chi connectivity index (χ4n) is 3.90. The van der Waals surface area contributed by atoms with Crippen LogP contribution in [-0.4, -0.2) is 65.3 Å². The molecule has 1 aromatic carbocycles. The molecule has 33 heavy (non-hydrogen) atoms. The molecule has 2 aromatic rings. The lowest BCUT2D eigenvalue weighted by Crippen LogP contribution is -2.37. The second-order valence-electron chi connectivity index (χ2n) is 8.35. The molecular formula is C23H27N5O5. The van der Waals surface area contributed by atoms with E-state index in [-0.39, 0.29) is 23.8 Å². The van der Waals surface area contributed by atoms with Gasteiger partial charge in [-0.15, -0.1) is 0 Å². The quantitative estimate of drug-likeness (QED) is 0.434. The highest BCUT2D eigenvalue weighted by Crippen LogP contribution is 2.42. The van der Waals surface area contributed by atoms with E-state index in [9.17, 15) is 14.7 Å². The molecule has 10 nitrogen and oxygen atoms in total. The fraction of sp³-hybridized carbons (Fsp3) is 0.391. The van der Waals surface area contributed by atoms with Crippen LogP contribution in [0.4, 0.5) is 11.4 Å². The molecule has 4 rings (SSSR count). The second kappa shape index (κ2) is 9.16. The number of aliphatic hydroxyl groups excluding tert-OH is 1. The highest BCUT2D eigenvalue weighted by atomic mass is 16.5. The average molecular weight is 453 g/mol. The van der Waals surface area contributed by atoms with Crippen LogP contribution in [0.2, 0.25) is 0 Å². The molecular weight excluding hydrogens is 426 g/mol. The minimum absolute atomic E-state index is 0.0787. The third kappa shape index (κ3) is 4.67. The van der Waals surface area contributed by atoms with Gasteiger partial charge in [-0.3, -0.25) is 9.59 Å². The highest BCUT2D eigenvalue weighted by Gasteiger charge is 2.36. The maximum atomic E-state index is 13.2. The van der Waals surface area contributed by atoms with Gasteiger partial charge < -0.3 is 30.5 Å². The molecule has 1 aromatic heterocycles. The Hall–Kier alpha value is -3.50. The molecule has 2 aliphatic rings. The number of hydrogen-bond donors (Lipinski definition) is 3. The maximum Gasteiger partial charge on any atom is 0.261 e. The number of nitrogens with two attached hydrogens (primary N) is 1. The molecule has 0 bridgehead atoms. The Morgan fingerprint density at radius 2 is 1.97 bits per heavy atom. The number of ether oxygens (including phenoxy) is 2. The lowest BCUT2D eigenvalue weighted by Gasteiger charge is -2.31. The molecule has 174 valence electrons. The highest BCUT2D eigenvalue weighted by molar-refractivity contribution is 6.24. The van der Waals surface area contributed by atoms with Crippen molar-refractivity contribution in [2.45, 2.75) is 25.9 Å². The van der Waals surface area contributed by atoms with Gasteiger partial charge in [0.25, 0.3) is 5.91 Å². The number of rotatable bonds is 6. The number of nitrogens with one attached hydrogen (secondary N) is 1. The lowest BCUT2D eigenvalue weighted by molar-refractivity contribution is -0.111. The van der Waals surface area contributed by atoms with Gasteiger partial charge in [0.1, 0.15) is 11.4 Å². The molecule has 1 atom stereocenters. The molecule has 1 saturated heterocycles. The molecule has 1 amide bonds. The van der Waals surface area contributed by atoms with Crippen LogP contribution in [0.25, 0.3) is 5.57 Å². The van der Waals surface area contributed by atoms with E-state index in [0.29, 0.717) is 49.7 Å². The normalized spacial score (nSPS) is 20.2. The zero-order chi connectivity index (χ0) is 23.6. The van der Waals surface area contributed by atoms with Gasteiger partial charge in [0.2, 0.25) is 0 Å². The fourth-order valence-corrected chi connectivity index (χ4v) is 3.90. The molecule has 0 radical (unpaired) electrons. The maximum absolute atomic E-state index is 13.2. The van der Waals surface area contributed by atoms with E-state index < -0.39 is 11.5 Å². The Labute approximate surface area is 191 Å². The standard InChI is InChI=1S/C23H27N5O5/c1-14(30)16-11-25-21(26-12-16)17(10-24)22(31)27-18-7-15-9-23(2,13-29)33-20(15)8-19(18)28-3-5-32-6-4-28/h7-8,10-12,29H,3-6,9,13,24H2,1-2H3,(H,27,31)/t23-/m1/s1. The first-order valence-corrected chi connectivity index (χ1v) is 10.7. The zero-order valence-corrected chi connectivity index (χ0v) is 18.6. The molecule has 2 aliphatic heterocycles. The van der Waals surface area contributed by atoms with Crippen LogP contribution in [0.15, 0.2) is 30.7 Å². The number of aromatic nitrogens is 2. The number of nitrogens with zero attached hydrogens (tertiary/aromatic N) is 3. The first kappa shape index (κ1) is 22.7. The van der Waals surface area contributed by atoms with Crippen molar-refractivity contribution < 1.29 is 24.2 Å². The van der Waals surface area contributed by atoms with Gasteiger partial charge in [-0.1, -0.05) is 0 Å². The van der Waals surface area contributed by atoms with Crippen LogP contribution in [0, 0.1) is 0 Å². The van der Waals surface area contributed by atoms with Crippen molar-refractivity contribution in [3.8, 4) is 5.75 Å². The summed E-state index contributed by atoms with van der Waals surface area (Å²) in [6, 6.07) is 3.76. The summed E-state index contributed by atoms with van der Waals surface area (Å²) in [4.78, 5) is 35.0. The molecule has 0 unspecified atom stereocenters. The average Bonchev–Trinajstić information content (AvgIpc) is 3.15. The van der Waals surface area contributed by atoms with Crippen molar-refractivity contribution in [2.24, 2.45) is 5.73 Å². The second-order valence-corrected chi connectivity index (χ2v) is 8.35. The molecule has 0 spiro atoms. The summed E-state index contributed by atoms with van der Waals surface area (Å²) in [6.07, 6.45) is 4.39. The van der Waals surface area contributed by atoms with Crippen LogP contribution in [-0.2, 0) is 16.0 Å². The lowest BCUT2D eigenvalue weighted by atomic mass is 9.99. The number of hydrogen-bond acceptors (Lipinski definition) is 9. The minimum Gasteiger partial charge on any atom is -0.484 e. The van der Waals surface area contributed by atoms with Gasteiger partial charge in [0.05, 0.1) is 42.3 Å². The minimum atomic E-state index is -0.706. The summed E-state index contributed by atoms with van der Waals surface area (Å²) >= 11 is 0. The molecule has 10 heteroatoms. The first-order valence-electron chi connectivity index (χ1n) is 10.7. The Morgan fingerprint density at radius 1 is 1.27 bits per heavy atom. The van der Waals surface area contributed by atoms with Gasteiger partial charge in [-0.25, -0.2) is 9.97 Å². The summed E-state index contributed by atoms with van der Waals surface area (Å²) in [6.45, 7) is 5.61. The summed E-state index contributed by atoms with van der Waals surface area (Å²) in [5, 5.41) is 12.7. The van der Waals surface area contributed by atoms with Crippen molar-refractivity contribution in [1.82, 2.24) is 9.97 Å². The van der Waals surface area contributed by atoms with Gasteiger partial charge in [-0.2, -0.15) is 0 Å². The van der Waals surface area contributed by atoms with Crippen LogP contribution in [0.3, 0.4) is 0 Å². The van der Waals surface area contributed by atoms with Crippen molar-refractivity contribution in [3.63, 3.8) is 0 Å². The van der Waals surface area contributed by atoms with Crippen LogP contribution in [0.1, 0.15) is 35.6 Å². The van der Waals surface area contributed by atoms with Gasteiger partial charge >= 0.3 is 0 Å². The largest absolute Gasteiger partial charge is 0.484 e. The third-order valence-corrected chi connectivity index (χ3v) is 5.74. The number of Topliss-reactive ketones (excluding diaryl/α,β-unsaturated/α-hetero) is 1. The molecule has 1 fully saturated rings. The van der Waals surface area contributed by atoms with E-state index in [2.05, 4.69) is 20.2 Å². The van der Waals surface area contributed by atoms with E-state index in [1.165, 1.54) is 19.3 Å². The topological polar surface area (TPSA) is 140 Å². The Kier molecular flexibility index (Phi) is 6.30. The van der Waals surface area contributed by atoms with Gasteiger partial charge in [0, 0.05) is 49.7 Å². The van der Waals surface area contributed by atoms with Crippen molar-refractivity contribution in [1.29, 1.82) is 0 Å². The van der Waals surface area contributed by atoms with E-state index in [4.69, 9.17) is 15.2 Å². The summed E-state index contributed by atoms with van der Waals surface area (Å²) in [5.41, 5.74) is 7.72. The molecule has 0 aliphatic carbocycles. The Bertz CT molecular complexity index is 1100. The monoisotopic (exact) mass is 453 g/mol. The summed E-state index contributed by atoms with van der Waals surface area (Å²) < 4.78 is 11.5. The number of amides is 1. The van der Waals surface area contributed by atoms with Crippen molar-refractivity contribution in [2.75, 3.05) is 43.1 Å². The van der Waals surface area contributed by atoms with Crippen LogP contribution in [0.5, 0.6) is 5.75 Å². The molecule has 0 saturated carbocycles. The van der Waals surface area contributed by atoms with E-state index in [1.807, 2.05) is 19.1 Å². The number of ketones is 1. The van der Waals surface area contributed by atoms with Crippen molar-refractivity contribution in [3.05, 3.63) is 47.7 Å². The number of fused-ring (bicyclic) bond motifs is 1. The summed E-state index contributed by atoms with van der Waals surface area (Å²) in [7, 11) is 0. The Morgan fingerprint density at radius 3 is 2.58 bits per heavy atom. The van der Waals surface area contributed by atoms with Crippen LogP contribution < -0.4 is 20.7 Å². The van der Waals surface area contributed by atoms with E-state index >= 15 is 0 Å². The number of carbonyl (C=O) groups excluding carboxylic acids is 2. The zero-order valence-electron chi connectivity index (χ0n) is 18.6. The van der Waals surface area contributed by atoms with Crippen molar-refractivity contribution >= 4 is 28.6 Å². The summed E-state index contributed by atoms with van der Waals surface area (Å²) in [5.74, 6) is 0.148. The SMILES string of the molecule is CC(=O)c1cnc(C(=CN)C(=O)Nc2cc3c(cc2N2CCOCC2)O[C@@](C)(CO)C3)nc1. The number of aliphatic hydroxyl groups is 1. The Balaban J connectivity index is 1.65. The first-order chi connectivity index (χ1) is 15.8. The van der Waals surface area contributed by atoms with E-state index in [1.54, 1.807) is 0 Å². The number of anilines is 2. The smallest absolute Gasteiger partial charge is 0.261 e. The van der Waals surface area contributed by atoms with Gasteiger partial charge in [-0.05, 0) is 19.9 Å². The van der Waals surface area contributed by atoms with Crippen LogP contribution >= 0.6 is 0 Å². The number of benzene rings is 1.